The highest BCUT2D eigenvalue weighted by Crippen LogP contribution is 2.26. The summed E-state index contributed by atoms with van der Waals surface area (Å²) >= 11 is 0. The Morgan fingerprint density at radius 3 is 2.55 bits per heavy atom. The Labute approximate surface area is 182 Å². The second-order valence-corrected chi connectivity index (χ2v) is 7.83. The molecule has 2 aromatic carbocycles. The summed E-state index contributed by atoms with van der Waals surface area (Å²) < 4.78 is 16.4. The van der Waals surface area contributed by atoms with Gasteiger partial charge in [0.15, 0.2) is 6.10 Å². The van der Waals surface area contributed by atoms with Crippen molar-refractivity contribution in [3.8, 4) is 22.9 Å². The molecule has 1 amide bonds. The first kappa shape index (κ1) is 20.9. The Kier molecular flexibility index (Phi) is 6.21. The first-order valence-electron chi connectivity index (χ1n) is 10.5. The molecule has 1 aromatic heterocycles. The first-order chi connectivity index (χ1) is 15.0. The molecular weight excluding hydrogens is 394 g/mol. The molecule has 4 rings (SSSR count). The maximum absolute atomic E-state index is 12.8. The van der Waals surface area contributed by atoms with Gasteiger partial charge in [0.1, 0.15) is 11.5 Å². The van der Waals surface area contributed by atoms with E-state index in [-0.39, 0.29) is 12.5 Å². The van der Waals surface area contributed by atoms with Crippen LogP contribution in [-0.4, -0.2) is 41.2 Å². The molecular formula is C24H27N3O4. The summed E-state index contributed by atoms with van der Waals surface area (Å²) in [4.78, 5) is 18.7. The van der Waals surface area contributed by atoms with Gasteiger partial charge in [0, 0.05) is 12.6 Å². The molecule has 0 N–H and O–H groups in total. The lowest BCUT2D eigenvalue weighted by molar-refractivity contribution is -0.137. The van der Waals surface area contributed by atoms with Gasteiger partial charge in [-0.3, -0.25) is 4.79 Å². The topological polar surface area (TPSA) is 77.7 Å². The number of hydrogen-bond acceptors (Lipinski definition) is 6. The van der Waals surface area contributed by atoms with Gasteiger partial charge in [-0.1, -0.05) is 11.2 Å². The molecule has 3 aromatic rings. The number of carbonyl (C=O) groups is 1. The van der Waals surface area contributed by atoms with Gasteiger partial charge in [-0.05, 0) is 80.1 Å². The number of nitrogens with zero attached hydrogens (tertiary/aromatic N) is 3. The van der Waals surface area contributed by atoms with Crippen molar-refractivity contribution in [2.45, 2.75) is 45.3 Å². The van der Waals surface area contributed by atoms with Crippen LogP contribution in [0.5, 0.6) is 11.5 Å². The molecule has 0 saturated carbocycles. The SMILES string of the molecule is COc1ccc(-c2noc(CN(C)C(=O)[C@@H](C)Oc3ccc4c(c3)CCCC4)n2)cc1. The van der Waals surface area contributed by atoms with Gasteiger partial charge >= 0.3 is 0 Å². The average molecular weight is 421 g/mol. The normalized spacial score (nSPS) is 13.9. The molecule has 1 aliphatic carbocycles. The van der Waals surface area contributed by atoms with Crippen LogP contribution in [0.2, 0.25) is 0 Å². The zero-order valence-electron chi connectivity index (χ0n) is 18.1. The Hall–Kier alpha value is -3.35. The van der Waals surface area contributed by atoms with Crippen LogP contribution in [0.1, 0.15) is 36.8 Å². The van der Waals surface area contributed by atoms with Crippen LogP contribution in [0.15, 0.2) is 47.0 Å². The van der Waals surface area contributed by atoms with Crippen LogP contribution in [0.4, 0.5) is 0 Å². The molecule has 1 aliphatic rings. The van der Waals surface area contributed by atoms with Crippen molar-refractivity contribution in [2.24, 2.45) is 0 Å². The summed E-state index contributed by atoms with van der Waals surface area (Å²) in [5, 5.41) is 4.01. The van der Waals surface area contributed by atoms with E-state index in [0.717, 1.165) is 29.9 Å². The zero-order chi connectivity index (χ0) is 21.8. The van der Waals surface area contributed by atoms with Crippen molar-refractivity contribution in [3.63, 3.8) is 0 Å². The highest BCUT2D eigenvalue weighted by molar-refractivity contribution is 5.80. The van der Waals surface area contributed by atoms with Crippen molar-refractivity contribution in [1.82, 2.24) is 15.0 Å². The van der Waals surface area contributed by atoms with Gasteiger partial charge in [-0.15, -0.1) is 0 Å². The van der Waals surface area contributed by atoms with Gasteiger partial charge in [-0.2, -0.15) is 4.98 Å². The second kappa shape index (κ2) is 9.20. The van der Waals surface area contributed by atoms with Crippen LogP contribution < -0.4 is 9.47 Å². The third-order valence-corrected chi connectivity index (χ3v) is 5.55. The summed E-state index contributed by atoms with van der Waals surface area (Å²) in [7, 11) is 3.32. The number of likely N-dealkylation sites (N-methyl/N-ethyl adjacent to an activating group) is 1. The third-order valence-electron chi connectivity index (χ3n) is 5.55. The summed E-state index contributed by atoms with van der Waals surface area (Å²) in [5.41, 5.74) is 3.53. The quantitative estimate of drug-likeness (QED) is 0.573. The highest BCUT2D eigenvalue weighted by Gasteiger charge is 2.22. The van der Waals surface area contributed by atoms with Crippen molar-refractivity contribution in [1.29, 1.82) is 0 Å². The second-order valence-electron chi connectivity index (χ2n) is 7.83. The highest BCUT2D eigenvalue weighted by atomic mass is 16.5. The Morgan fingerprint density at radius 1 is 1.10 bits per heavy atom. The molecule has 7 heteroatoms. The predicted octanol–water partition coefficient (Wildman–Crippen LogP) is 4.05. The first-order valence-corrected chi connectivity index (χ1v) is 10.5. The maximum atomic E-state index is 12.8. The van der Waals surface area contributed by atoms with Crippen LogP contribution >= 0.6 is 0 Å². The number of carbonyl (C=O) groups excluding carboxylic acids is 1. The van der Waals surface area contributed by atoms with E-state index < -0.39 is 6.10 Å². The van der Waals surface area contributed by atoms with Crippen molar-refractivity contribution in [2.75, 3.05) is 14.2 Å². The third kappa shape index (κ3) is 4.87. The number of fused-ring (bicyclic) bond motifs is 1. The lowest BCUT2D eigenvalue weighted by atomic mass is 9.92. The van der Waals surface area contributed by atoms with Crippen LogP contribution in [0, 0.1) is 0 Å². The number of ether oxygens (including phenoxy) is 2. The summed E-state index contributed by atoms with van der Waals surface area (Å²) in [5.74, 6) is 2.17. The van der Waals surface area contributed by atoms with E-state index in [0.29, 0.717) is 11.7 Å². The van der Waals surface area contributed by atoms with E-state index in [9.17, 15) is 4.79 Å². The Bertz CT molecular complexity index is 1050. The minimum Gasteiger partial charge on any atom is -0.497 e. The van der Waals surface area contributed by atoms with Crippen LogP contribution in [-0.2, 0) is 24.2 Å². The molecule has 0 radical (unpaired) electrons. The molecule has 0 unspecified atom stereocenters. The molecule has 162 valence electrons. The zero-order valence-corrected chi connectivity index (χ0v) is 18.1. The fourth-order valence-corrected chi connectivity index (χ4v) is 3.81. The number of hydrogen-bond donors (Lipinski definition) is 0. The molecule has 1 heterocycles. The molecule has 0 saturated heterocycles. The van der Waals surface area contributed by atoms with E-state index in [2.05, 4.69) is 22.3 Å². The van der Waals surface area contributed by atoms with Gasteiger partial charge < -0.3 is 18.9 Å². The molecule has 1 atom stereocenters. The standard InChI is InChI=1S/C24H27N3O4/c1-16(30-21-13-8-17-6-4-5-7-19(17)14-21)24(28)27(2)15-22-25-23(26-31-22)18-9-11-20(29-3)12-10-18/h8-14,16H,4-7,15H2,1-3H3/t16-/m1/s1. The molecule has 0 bridgehead atoms. The van der Waals surface area contributed by atoms with Crippen LogP contribution in [0.25, 0.3) is 11.4 Å². The monoisotopic (exact) mass is 421 g/mol. The Balaban J connectivity index is 1.36. The van der Waals surface area contributed by atoms with E-state index in [1.807, 2.05) is 30.3 Å². The molecule has 7 nitrogen and oxygen atoms in total. The summed E-state index contributed by atoms with van der Waals surface area (Å²) in [6.07, 6.45) is 4.02. The minimum absolute atomic E-state index is 0.151. The van der Waals surface area contributed by atoms with Crippen LogP contribution in [0.3, 0.4) is 0 Å². The number of aromatic nitrogens is 2. The fraction of sp³-hybridized carbons (Fsp3) is 0.375. The fourth-order valence-electron chi connectivity index (χ4n) is 3.81. The average Bonchev–Trinajstić information content (AvgIpc) is 3.26. The number of rotatable bonds is 7. The summed E-state index contributed by atoms with van der Waals surface area (Å²) in [6.45, 7) is 1.97. The van der Waals surface area contributed by atoms with E-state index in [1.165, 1.54) is 28.9 Å². The number of amides is 1. The molecule has 31 heavy (non-hydrogen) atoms. The smallest absolute Gasteiger partial charge is 0.263 e. The maximum Gasteiger partial charge on any atom is 0.263 e. The Morgan fingerprint density at radius 2 is 1.81 bits per heavy atom. The van der Waals surface area contributed by atoms with Gasteiger partial charge in [-0.25, -0.2) is 0 Å². The van der Waals surface area contributed by atoms with E-state index in [4.69, 9.17) is 14.0 Å². The molecule has 0 spiro atoms. The van der Waals surface area contributed by atoms with Gasteiger partial charge in [0.05, 0.1) is 13.7 Å². The molecule has 0 aliphatic heterocycles. The largest absolute Gasteiger partial charge is 0.497 e. The van der Waals surface area contributed by atoms with Crippen molar-refractivity contribution < 1.29 is 18.8 Å². The number of aryl methyl sites for hydroxylation is 2. The van der Waals surface area contributed by atoms with E-state index in [1.54, 1.807) is 21.1 Å². The minimum atomic E-state index is -0.615. The number of benzene rings is 2. The lowest BCUT2D eigenvalue weighted by Crippen LogP contribution is -2.37. The lowest BCUT2D eigenvalue weighted by Gasteiger charge is -2.22. The van der Waals surface area contributed by atoms with Crippen molar-refractivity contribution >= 4 is 5.91 Å². The predicted molar refractivity (Wildman–Crippen MR) is 116 cm³/mol. The van der Waals surface area contributed by atoms with Crippen molar-refractivity contribution in [3.05, 3.63) is 59.5 Å². The molecule has 0 fully saturated rings. The van der Waals surface area contributed by atoms with Gasteiger partial charge in [0.2, 0.25) is 11.7 Å². The van der Waals surface area contributed by atoms with E-state index >= 15 is 0 Å². The number of methoxy groups -OCH3 is 1. The summed E-state index contributed by atoms with van der Waals surface area (Å²) in [6, 6.07) is 13.5. The van der Waals surface area contributed by atoms with Gasteiger partial charge in [0.25, 0.3) is 5.91 Å².